The Morgan fingerprint density at radius 1 is 0.700 bits per heavy atom. The molecule has 5 nitrogen and oxygen atoms in total. The number of aromatic nitrogens is 1. The summed E-state index contributed by atoms with van der Waals surface area (Å²) in [5, 5.41) is 2.53. The number of rotatable bonds is 19. The molecule has 0 unspecified atom stereocenters. The lowest BCUT2D eigenvalue weighted by molar-refractivity contribution is -0.696. The Hall–Kier alpha value is -2.70. The minimum absolute atomic E-state index is 0.221. The summed E-state index contributed by atoms with van der Waals surface area (Å²) in [4.78, 5) is 2.61. The zero-order valence-corrected chi connectivity index (χ0v) is 25.4. The number of hydrogen-bond donors (Lipinski definition) is 1. The minimum atomic E-state index is -3.91. The first-order valence-corrected chi connectivity index (χ1v) is 16.9. The standard InChI is InChI=1S/C34H48N2O3S/c1-3-5-7-9-11-23-36(24-12-10-8-6-4-2)34-19-18-32-28-31(16-17-33(32)29-34)15-14-30-20-25-35(26-21-30)22-13-27-40(37,38)39/h14-21,25-26,28-29H,3-13,22-24,27H2,1-2H3/p+1. The number of hydrogen-bond acceptors (Lipinski definition) is 3. The van der Waals surface area contributed by atoms with Crippen molar-refractivity contribution >= 4 is 38.7 Å². The summed E-state index contributed by atoms with van der Waals surface area (Å²) in [6.07, 6.45) is 21.6. The van der Waals surface area contributed by atoms with E-state index >= 15 is 0 Å². The van der Waals surface area contributed by atoms with Crippen molar-refractivity contribution in [2.24, 2.45) is 0 Å². The van der Waals surface area contributed by atoms with Gasteiger partial charge in [0.05, 0.1) is 5.75 Å². The van der Waals surface area contributed by atoms with Crippen LogP contribution in [0.3, 0.4) is 0 Å². The number of unbranched alkanes of at least 4 members (excludes halogenated alkanes) is 8. The molecule has 0 atom stereocenters. The van der Waals surface area contributed by atoms with Gasteiger partial charge in [-0.05, 0) is 52.9 Å². The molecule has 6 heteroatoms. The van der Waals surface area contributed by atoms with Crippen molar-refractivity contribution < 1.29 is 17.5 Å². The summed E-state index contributed by atoms with van der Waals surface area (Å²) in [5.74, 6) is -0.221. The van der Waals surface area contributed by atoms with Gasteiger partial charge in [-0.15, -0.1) is 0 Å². The van der Waals surface area contributed by atoms with E-state index in [1.165, 1.54) is 80.7 Å². The second-order valence-electron chi connectivity index (χ2n) is 10.9. The molecule has 1 N–H and O–H groups in total. The first-order valence-electron chi connectivity index (χ1n) is 15.3. The Morgan fingerprint density at radius 3 is 1.90 bits per heavy atom. The number of aryl methyl sites for hydroxylation is 1. The zero-order valence-electron chi connectivity index (χ0n) is 24.6. The lowest BCUT2D eigenvalue weighted by atomic mass is 10.0. The van der Waals surface area contributed by atoms with Crippen LogP contribution in [0.2, 0.25) is 0 Å². The monoisotopic (exact) mass is 565 g/mol. The molecule has 0 aliphatic heterocycles. The molecule has 0 aliphatic carbocycles. The van der Waals surface area contributed by atoms with Gasteiger partial charge in [0, 0.05) is 37.3 Å². The van der Waals surface area contributed by atoms with Crippen LogP contribution >= 0.6 is 0 Å². The van der Waals surface area contributed by atoms with E-state index in [4.69, 9.17) is 4.55 Å². The van der Waals surface area contributed by atoms with Crippen LogP contribution in [-0.2, 0) is 16.7 Å². The fraction of sp³-hybridized carbons (Fsp3) is 0.500. The molecule has 0 bridgehead atoms. The third-order valence-electron chi connectivity index (χ3n) is 7.48. The second-order valence-corrected chi connectivity index (χ2v) is 12.5. The third kappa shape index (κ3) is 11.8. The highest BCUT2D eigenvalue weighted by Gasteiger charge is 2.09. The number of benzene rings is 2. The Balaban J connectivity index is 1.62. The van der Waals surface area contributed by atoms with E-state index in [0.29, 0.717) is 13.0 Å². The van der Waals surface area contributed by atoms with Gasteiger partial charge < -0.3 is 4.90 Å². The van der Waals surface area contributed by atoms with Crippen molar-refractivity contribution in [2.75, 3.05) is 23.7 Å². The van der Waals surface area contributed by atoms with Crippen molar-refractivity contribution in [3.63, 3.8) is 0 Å². The Bertz CT molecular complexity index is 1270. The Labute approximate surface area is 242 Å². The molecule has 0 amide bonds. The van der Waals surface area contributed by atoms with E-state index in [1.54, 1.807) is 0 Å². The summed E-state index contributed by atoms with van der Waals surface area (Å²) in [7, 11) is -3.91. The molecular weight excluding hydrogens is 516 g/mol. The Kier molecular flexibility index (Phi) is 13.7. The number of fused-ring (bicyclic) bond motifs is 1. The lowest BCUT2D eigenvalue weighted by Gasteiger charge is -2.25. The van der Waals surface area contributed by atoms with Crippen LogP contribution in [0, 0.1) is 0 Å². The van der Waals surface area contributed by atoms with E-state index in [2.05, 4.69) is 67.3 Å². The van der Waals surface area contributed by atoms with Gasteiger partial charge in [-0.25, -0.2) is 4.57 Å². The molecular formula is C34H49N2O3S+. The molecule has 3 rings (SSSR count). The lowest BCUT2D eigenvalue weighted by Crippen LogP contribution is -2.33. The molecule has 0 fully saturated rings. The predicted molar refractivity (Wildman–Crippen MR) is 170 cm³/mol. The van der Waals surface area contributed by atoms with E-state index in [1.807, 2.05) is 29.1 Å². The average Bonchev–Trinajstić information content (AvgIpc) is 2.94. The van der Waals surface area contributed by atoms with Crippen molar-refractivity contribution in [3.05, 3.63) is 72.1 Å². The normalized spacial score (nSPS) is 12.0. The molecule has 2 aromatic carbocycles. The molecule has 0 radical (unpaired) electrons. The molecule has 0 spiro atoms. The highest BCUT2D eigenvalue weighted by Crippen LogP contribution is 2.25. The molecule has 1 heterocycles. The van der Waals surface area contributed by atoms with E-state index < -0.39 is 10.1 Å². The van der Waals surface area contributed by atoms with Gasteiger partial charge in [-0.1, -0.05) is 95.6 Å². The topological polar surface area (TPSA) is 61.5 Å². The SMILES string of the molecule is CCCCCCCN(CCCCCCC)c1ccc2cc(/C=C/c3cc[n+](CCCS(=O)(=O)O)cc3)ccc2c1. The van der Waals surface area contributed by atoms with Crippen LogP contribution in [0.25, 0.3) is 22.9 Å². The van der Waals surface area contributed by atoms with Crippen LogP contribution in [-0.4, -0.2) is 31.8 Å². The molecule has 0 aliphatic rings. The van der Waals surface area contributed by atoms with E-state index in [0.717, 1.165) is 24.2 Å². The Morgan fingerprint density at radius 2 is 1.27 bits per heavy atom. The average molecular weight is 566 g/mol. The smallest absolute Gasteiger partial charge is 0.265 e. The molecule has 0 saturated carbocycles. The van der Waals surface area contributed by atoms with Crippen molar-refractivity contribution in [1.82, 2.24) is 0 Å². The number of nitrogens with zero attached hydrogens (tertiary/aromatic N) is 2. The summed E-state index contributed by atoms with van der Waals surface area (Å²) in [6.45, 7) is 7.38. The highest BCUT2D eigenvalue weighted by molar-refractivity contribution is 7.85. The van der Waals surface area contributed by atoms with Crippen LogP contribution in [0.1, 0.15) is 95.6 Å². The van der Waals surface area contributed by atoms with Crippen LogP contribution in [0.5, 0.6) is 0 Å². The molecule has 0 saturated heterocycles. The van der Waals surface area contributed by atoms with Gasteiger partial charge in [-0.3, -0.25) is 4.55 Å². The van der Waals surface area contributed by atoms with Crippen molar-refractivity contribution in [2.45, 2.75) is 91.0 Å². The molecule has 1 aromatic heterocycles. The number of anilines is 1. The third-order valence-corrected chi connectivity index (χ3v) is 8.28. The molecule has 40 heavy (non-hydrogen) atoms. The summed E-state index contributed by atoms with van der Waals surface area (Å²) in [5.41, 5.74) is 3.58. The summed E-state index contributed by atoms with van der Waals surface area (Å²) < 4.78 is 32.6. The van der Waals surface area contributed by atoms with Crippen molar-refractivity contribution in [1.29, 1.82) is 0 Å². The zero-order chi connectivity index (χ0) is 28.6. The van der Waals surface area contributed by atoms with Crippen LogP contribution in [0.15, 0.2) is 60.9 Å². The van der Waals surface area contributed by atoms with E-state index in [9.17, 15) is 8.42 Å². The van der Waals surface area contributed by atoms with Gasteiger partial charge in [0.2, 0.25) is 0 Å². The molecule has 218 valence electrons. The first kappa shape index (κ1) is 31.8. The maximum atomic E-state index is 10.9. The maximum Gasteiger partial charge on any atom is 0.265 e. The van der Waals surface area contributed by atoms with Crippen LogP contribution in [0.4, 0.5) is 5.69 Å². The van der Waals surface area contributed by atoms with Gasteiger partial charge in [-0.2, -0.15) is 8.42 Å². The fourth-order valence-corrected chi connectivity index (χ4v) is 5.58. The minimum Gasteiger partial charge on any atom is -0.372 e. The largest absolute Gasteiger partial charge is 0.372 e. The van der Waals surface area contributed by atoms with Crippen molar-refractivity contribution in [3.8, 4) is 0 Å². The van der Waals surface area contributed by atoms with Gasteiger partial charge in [0.25, 0.3) is 10.1 Å². The molecule has 3 aromatic rings. The van der Waals surface area contributed by atoms with E-state index in [-0.39, 0.29) is 5.75 Å². The fourth-order valence-electron chi connectivity index (χ4n) is 5.09. The quantitative estimate of drug-likeness (QED) is 0.0902. The van der Waals surface area contributed by atoms with Gasteiger partial charge >= 0.3 is 0 Å². The summed E-state index contributed by atoms with van der Waals surface area (Å²) >= 11 is 0. The predicted octanol–water partition coefficient (Wildman–Crippen LogP) is 8.32. The highest BCUT2D eigenvalue weighted by atomic mass is 32.2. The first-order chi connectivity index (χ1) is 19.4. The van der Waals surface area contributed by atoms with Gasteiger partial charge in [0.1, 0.15) is 6.54 Å². The second kappa shape index (κ2) is 17.2. The van der Waals surface area contributed by atoms with Gasteiger partial charge in [0.15, 0.2) is 12.4 Å². The maximum absolute atomic E-state index is 10.9. The number of pyridine rings is 1. The van der Waals surface area contributed by atoms with Crippen LogP contribution < -0.4 is 9.47 Å². The summed E-state index contributed by atoms with van der Waals surface area (Å²) in [6, 6.07) is 17.6.